The van der Waals surface area contributed by atoms with E-state index in [1.165, 1.54) is 4.31 Å². The molecule has 2 rings (SSSR count). The number of ether oxygens (including phenoxy) is 1. The maximum atomic E-state index is 12.6. The first-order valence-corrected chi connectivity index (χ1v) is 8.50. The summed E-state index contributed by atoms with van der Waals surface area (Å²) in [4.78, 5) is 0.364. The Balaban J connectivity index is 2.25. The largest absolute Gasteiger partial charge is 0.373 e. The second-order valence-corrected chi connectivity index (χ2v) is 7.74. The van der Waals surface area contributed by atoms with Crippen molar-refractivity contribution in [1.82, 2.24) is 4.31 Å². The molecule has 20 heavy (non-hydrogen) atoms. The zero-order chi connectivity index (χ0) is 14.9. The molecular formula is C15H23NO3S. The summed E-state index contributed by atoms with van der Waals surface area (Å²) in [6.07, 6.45) is -0.132. The molecule has 0 unspecified atom stereocenters. The Bertz CT molecular complexity index is 541. The second-order valence-electron chi connectivity index (χ2n) is 5.80. The highest BCUT2D eigenvalue weighted by molar-refractivity contribution is 7.89. The molecule has 0 amide bonds. The van der Waals surface area contributed by atoms with Crippen LogP contribution in [0, 0.1) is 0 Å². The molecule has 1 aliphatic heterocycles. The Hall–Kier alpha value is -0.910. The average molecular weight is 297 g/mol. The maximum Gasteiger partial charge on any atom is 0.243 e. The summed E-state index contributed by atoms with van der Waals surface area (Å²) in [6, 6.07) is 7.20. The van der Waals surface area contributed by atoms with Crippen LogP contribution in [0.5, 0.6) is 0 Å². The molecule has 0 saturated carbocycles. The molecule has 2 atom stereocenters. The van der Waals surface area contributed by atoms with Crippen molar-refractivity contribution in [3.05, 3.63) is 29.8 Å². The highest BCUT2D eigenvalue weighted by Crippen LogP contribution is 2.23. The van der Waals surface area contributed by atoms with E-state index in [1.807, 2.05) is 26.0 Å². The smallest absolute Gasteiger partial charge is 0.243 e. The van der Waals surface area contributed by atoms with Gasteiger partial charge in [-0.1, -0.05) is 26.0 Å². The lowest BCUT2D eigenvalue weighted by molar-refractivity contribution is -0.0440. The first kappa shape index (κ1) is 15.5. The number of hydrogen-bond donors (Lipinski definition) is 0. The Morgan fingerprint density at radius 1 is 1.10 bits per heavy atom. The van der Waals surface area contributed by atoms with Gasteiger partial charge in [-0.25, -0.2) is 8.42 Å². The number of rotatable bonds is 3. The average Bonchev–Trinajstić information content (AvgIpc) is 2.37. The summed E-state index contributed by atoms with van der Waals surface area (Å²) in [5.74, 6) is 0.398. The van der Waals surface area contributed by atoms with E-state index in [0.29, 0.717) is 23.9 Å². The van der Waals surface area contributed by atoms with Crippen molar-refractivity contribution in [2.24, 2.45) is 0 Å². The van der Waals surface area contributed by atoms with Gasteiger partial charge in [0.1, 0.15) is 0 Å². The van der Waals surface area contributed by atoms with Gasteiger partial charge in [0.05, 0.1) is 17.1 Å². The van der Waals surface area contributed by atoms with E-state index >= 15 is 0 Å². The molecule has 4 nitrogen and oxygen atoms in total. The molecule has 1 aliphatic rings. The summed E-state index contributed by atoms with van der Waals surface area (Å²) in [6.45, 7) is 8.82. The molecule has 1 heterocycles. The first-order valence-electron chi connectivity index (χ1n) is 7.06. The summed E-state index contributed by atoms with van der Waals surface area (Å²) in [7, 11) is -3.42. The van der Waals surface area contributed by atoms with Crippen LogP contribution in [0.4, 0.5) is 0 Å². The van der Waals surface area contributed by atoms with Gasteiger partial charge in [-0.15, -0.1) is 0 Å². The second kappa shape index (κ2) is 5.84. The SMILES string of the molecule is CC(C)c1ccc(S(=O)(=O)N2C[C@H](C)O[C@@H](C)C2)cc1. The molecule has 0 spiro atoms. The molecular weight excluding hydrogens is 274 g/mol. The fourth-order valence-corrected chi connectivity index (χ4v) is 4.09. The number of morpholine rings is 1. The van der Waals surface area contributed by atoms with Crippen LogP contribution in [0.2, 0.25) is 0 Å². The van der Waals surface area contributed by atoms with Gasteiger partial charge >= 0.3 is 0 Å². The highest BCUT2D eigenvalue weighted by atomic mass is 32.2. The monoisotopic (exact) mass is 297 g/mol. The minimum Gasteiger partial charge on any atom is -0.373 e. The third-order valence-corrected chi connectivity index (χ3v) is 5.42. The van der Waals surface area contributed by atoms with E-state index in [4.69, 9.17) is 4.74 Å². The minimum atomic E-state index is -3.42. The molecule has 0 bridgehead atoms. The molecule has 1 aromatic rings. The normalized spacial score (nSPS) is 25.1. The van der Waals surface area contributed by atoms with Crippen LogP contribution in [-0.2, 0) is 14.8 Å². The Labute approximate surface area is 121 Å². The van der Waals surface area contributed by atoms with Crippen LogP contribution in [0.25, 0.3) is 0 Å². The molecule has 5 heteroatoms. The molecule has 1 fully saturated rings. The van der Waals surface area contributed by atoms with Gasteiger partial charge in [0, 0.05) is 13.1 Å². The Morgan fingerprint density at radius 2 is 1.60 bits per heavy atom. The molecule has 112 valence electrons. The van der Waals surface area contributed by atoms with Gasteiger partial charge in [-0.05, 0) is 37.5 Å². The van der Waals surface area contributed by atoms with E-state index in [-0.39, 0.29) is 12.2 Å². The Morgan fingerprint density at radius 3 is 2.05 bits per heavy atom. The van der Waals surface area contributed by atoms with Crippen LogP contribution >= 0.6 is 0 Å². The quantitative estimate of drug-likeness (QED) is 0.861. The highest BCUT2D eigenvalue weighted by Gasteiger charge is 2.32. The van der Waals surface area contributed by atoms with Crippen LogP contribution < -0.4 is 0 Å². The number of nitrogens with zero attached hydrogens (tertiary/aromatic N) is 1. The van der Waals surface area contributed by atoms with Gasteiger partial charge in [0.15, 0.2) is 0 Å². The molecule has 0 N–H and O–H groups in total. The van der Waals surface area contributed by atoms with Gasteiger partial charge < -0.3 is 4.74 Å². The number of sulfonamides is 1. The molecule has 1 saturated heterocycles. The topological polar surface area (TPSA) is 46.6 Å². The van der Waals surface area contributed by atoms with Gasteiger partial charge in [-0.3, -0.25) is 0 Å². The zero-order valence-corrected chi connectivity index (χ0v) is 13.4. The lowest BCUT2D eigenvalue weighted by atomic mass is 10.0. The van der Waals surface area contributed by atoms with E-state index in [9.17, 15) is 8.42 Å². The lowest BCUT2D eigenvalue weighted by Gasteiger charge is -2.34. The van der Waals surface area contributed by atoms with Crippen LogP contribution in [-0.4, -0.2) is 38.0 Å². The van der Waals surface area contributed by atoms with Gasteiger partial charge in [-0.2, -0.15) is 4.31 Å². The van der Waals surface area contributed by atoms with Crippen LogP contribution in [0.15, 0.2) is 29.2 Å². The van der Waals surface area contributed by atoms with E-state index in [0.717, 1.165) is 5.56 Å². The van der Waals surface area contributed by atoms with Crippen molar-refractivity contribution in [3.63, 3.8) is 0 Å². The summed E-state index contributed by atoms with van der Waals surface area (Å²) in [5, 5.41) is 0. The van der Waals surface area contributed by atoms with Crippen LogP contribution in [0.3, 0.4) is 0 Å². The molecule has 0 radical (unpaired) electrons. The number of benzene rings is 1. The predicted molar refractivity (Wildman–Crippen MR) is 79.3 cm³/mol. The van der Waals surface area contributed by atoms with Gasteiger partial charge in [0.2, 0.25) is 10.0 Å². The van der Waals surface area contributed by atoms with Crippen molar-refractivity contribution in [2.45, 2.75) is 50.7 Å². The van der Waals surface area contributed by atoms with E-state index < -0.39 is 10.0 Å². The third-order valence-electron chi connectivity index (χ3n) is 3.57. The third kappa shape index (κ3) is 3.22. The molecule has 0 aliphatic carbocycles. The molecule has 0 aromatic heterocycles. The van der Waals surface area contributed by atoms with Crippen molar-refractivity contribution < 1.29 is 13.2 Å². The van der Waals surface area contributed by atoms with Crippen LogP contribution in [0.1, 0.15) is 39.2 Å². The fourth-order valence-electron chi connectivity index (χ4n) is 2.50. The zero-order valence-electron chi connectivity index (χ0n) is 12.5. The van der Waals surface area contributed by atoms with Crippen molar-refractivity contribution in [1.29, 1.82) is 0 Å². The minimum absolute atomic E-state index is 0.0662. The first-order chi connectivity index (χ1) is 9.30. The van der Waals surface area contributed by atoms with Crippen molar-refractivity contribution in [3.8, 4) is 0 Å². The van der Waals surface area contributed by atoms with Gasteiger partial charge in [0.25, 0.3) is 0 Å². The lowest BCUT2D eigenvalue weighted by Crippen LogP contribution is -2.48. The summed E-state index contributed by atoms with van der Waals surface area (Å²) >= 11 is 0. The summed E-state index contributed by atoms with van der Waals surface area (Å²) in [5.41, 5.74) is 1.15. The Kier molecular flexibility index (Phi) is 4.52. The fraction of sp³-hybridized carbons (Fsp3) is 0.600. The number of hydrogen-bond acceptors (Lipinski definition) is 3. The summed E-state index contributed by atoms with van der Waals surface area (Å²) < 4.78 is 32.4. The maximum absolute atomic E-state index is 12.6. The molecule has 1 aromatic carbocycles. The van der Waals surface area contributed by atoms with Crippen molar-refractivity contribution >= 4 is 10.0 Å². The van der Waals surface area contributed by atoms with E-state index in [2.05, 4.69) is 13.8 Å². The predicted octanol–water partition coefficient (Wildman–Crippen LogP) is 2.61. The standard InChI is InChI=1S/C15H23NO3S/c1-11(2)14-5-7-15(8-6-14)20(17,18)16-9-12(3)19-13(4)10-16/h5-8,11-13H,9-10H2,1-4H3/t12-,13-/m0/s1. The van der Waals surface area contributed by atoms with E-state index in [1.54, 1.807) is 12.1 Å². The van der Waals surface area contributed by atoms with Crippen molar-refractivity contribution in [2.75, 3.05) is 13.1 Å².